The molecule has 18 aromatic carbocycles. The van der Waals surface area contributed by atoms with Gasteiger partial charge in [-0.05, 0) is 297 Å². The topological polar surface area (TPSA) is 6.48 Å². The van der Waals surface area contributed by atoms with Crippen LogP contribution in [0.3, 0.4) is 0 Å². The molecule has 1 unspecified atom stereocenters. The molecule has 25 rings (SSSR count). The van der Waals surface area contributed by atoms with E-state index >= 15 is 0 Å². The minimum Gasteiger partial charge on any atom is -0.310 e. The summed E-state index contributed by atoms with van der Waals surface area (Å²) in [5.41, 5.74) is 49.4. The van der Waals surface area contributed by atoms with Crippen molar-refractivity contribution in [2.24, 2.45) is 0 Å². The first-order valence-corrected chi connectivity index (χ1v) is 42.3. The van der Waals surface area contributed by atoms with Crippen LogP contribution in [0.15, 0.2) is 388 Å². The van der Waals surface area contributed by atoms with E-state index in [0.29, 0.717) is 0 Å². The highest BCUT2D eigenvalue weighted by atomic mass is 15.1. The second-order valence-corrected chi connectivity index (χ2v) is 35.7. The molecule has 0 amide bonds. The van der Waals surface area contributed by atoms with Crippen molar-refractivity contribution in [2.45, 2.75) is 68.6 Å². The molecule has 0 radical (unpaired) electrons. The number of rotatable bonds is 9. The predicted molar refractivity (Wildman–Crippen MR) is 495 cm³/mol. The molecule has 2 heteroatoms. The Bertz CT molecular complexity index is 7390. The van der Waals surface area contributed by atoms with Gasteiger partial charge >= 0.3 is 0 Å². The van der Waals surface area contributed by atoms with Gasteiger partial charge in [0.2, 0.25) is 0 Å². The Morgan fingerprint density at radius 3 is 0.849 bits per heavy atom. The lowest BCUT2D eigenvalue weighted by Crippen LogP contribution is -2.26. The molecule has 0 saturated heterocycles. The van der Waals surface area contributed by atoms with Crippen molar-refractivity contribution < 1.29 is 0 Å². The van der Waals surface area contributed by atoms with Crippen LogP contribution in [0.2, 0.25) is 0 Å². The Balaban J connectivity index is 0.572. The summed E-state index contributed by atoms with van der Waals surface area (Å²) in [6, 6.07) is 149. The summed E-state index contributed by atoms with van der Waals surface area (Å²) in [5, 5.41) is 2.45. The fourth-order valence-electron chi connectivity index (χ4n) is 23.4. The van der Waals surface area contributed by atoms with Gasteiger partial charge in [-0.3, -0.25) is 0 Å². The van der Waals surface area contributed by atoms with E-state index in [4.69, 9.17) is 0 Å². The minimum absolute atomic E-state index is 0.0809. The van der Waals surface area contributed by atoms with E-state index < -0.39 is 10.8 Å². The van der Waals surface area contributed by atoms with Gasteiger partial charge in [-0.1, -0.05) is 333 Å². The molecule has 119 heavy (non-hydrogen) atoms. The first-order valence-electron chi connectivity index (χ1n) is 42.3. The zero-order chi connectivity index (χ0) is 79.2. The quantitative estimate of drug-likeness (QED) is 0.142. The lowest BCUT2D eigenvalue weighted by Gasteiger charge is -2.33. The van der Waals surface area contributed by atoms with Gasteiger partial charge in [0.05, 0.1) is 10.8 Å². The smallest absolute Gasteiger partial charge is 0.0726 e. The Labute approximate surface area is 696 Å². The second-order valence-electron chi connectivity index (χ2n) is 35.7. The third kappa shape index (κ3) is 9.16. The van der Waals surface area contributed by atoms with Crippen molar-refractivity contribution in [3.05, 3.63) is 466 Å². The number of hydrogen-bond acceptors (Lipinski definition) is 2. The van der Waals surface area contributed by atoms with Crippen LogP contribution < -0.4 is 9.80 Å². The first-order chi connectivity index (χ1) is 58.3. The maximum absolute atomic E-state index is 2.57. The molecule has 560 valence electrons. The molecule has 7 aliphatic rings. The number of para-hydroxylation sites is 1. The van der Waals surface area contributed by atoms with Gasteiger partial charge in [0.25, 0.3) is 0 Å². The molecule has 0 heterocycles. The van der Waals surface area contributed by atoms with Crippen molar-refractivity contribution in [1.82, 2.24) is 0 Å². The van der Waals surface area contributed by atoms with E-state index in [1.165, 1.54) is 200 Å². The van der Waals surface area contributed by atoms with Crippen molar-refractivity contribution in [3.63, 3.8) is 0 Å². The third-order valence-electron chi connectivity index (χ3n) is 28.9. The lowest BCUT2D eigenvalue weighted by molar-refractivity contribution is 0.660. The molecular weight excluding hydrogens is 1430 g/mol. The monoisotopic (exact) mass is 1510 g/mol. The lowest BCUT2D eigenvalue weighted by atomic mass is 9.70. The summed E-state index contributed by atoms with van der Waals surface area (Å²) >= 11 is 0. The maximum atomic E-state index is 2.57. The van der Waals surface area contributed by atoms with Gasteiger partial charge in [0.15, 0.2) is 0 Å². The van der Waals surface area contributed by atoms with E-state index in [2.05, 4.69) is 440 Å². The first kappa shape index (κ1) is 68.1. The zero-order valence-corrected chi connectivity index (χ0v) is 67.3. The van der Waals surface area contributed by atoms with E-state index in [-0.39, 0.29) is 16.2 Å². The van der Waals surface area contributed by atoms with Gasteiger partial charge < -0.3 is 9.80 Å². The molecule has 0 aromatic heterocycles. The average molecular weight is 1520 g/mol. The van der Waals surface area contributed by atoms with E-state index in [0.717, 1.165) is 34.1 Å². The SMILES string of the molecule is CC1(C)c2ccccc2-c2ccc(-c3ccc(N(c4ccccc4)c4ccc5c(c4)C4(c6ccccc6-c6ccc(-c7ccc8c(-c9ccc%10c(c9)C(C)(C)c9cc(N(c%11ccc%12c(c%11)C(C)(C)c%11ccccc%11-%12)c%11ccc%12c(c%11)C%11(c%13ccccc%13-c%13ccccc%13%11)c%11ccccc%11-%12)ccc9-%10)cccc8c7)cc64)c4ccccc4-5)cc3)cc21. The molecule has 0 bridgehead atoms. The van der Waals surface area contributed by atoms with E-state index in [1.807, 2.05) is 0 Å². The van der Waals surface area contributed by atoms with Crippen LogP contribution in [0.4, 0.5) is 34.1 Å². The maximum Gasteiger partial charge on any atom is 0.0726 e. The summed E-state index contributed by atoms with van der Waals surface area (Å²) < 4.78 is 0. The van der Waals surface area contributed by atoms with Gasteiger partial charge in [-0.2, -0.15) is 0 Å². The molecule has 7 aliphatic carbocycles. The highest BCUT2D eigenvalue weighted by molar-refractivity contribution is 6.03. The Kier molecular flexibility index (Phi) is 14.0. The number of hydrogen-bond donors (Lipinski definition) is 0. The number of anilines is 6. The van der Waals surface area contributed by atoms with Gasteiger partial charge in [0, 0.05) is 50.4 Å². The summed E-state index contributed by atoms with van der Waals surface area (Å²) in [5.74, 6) is 0. The van der Waals surface area contributed by atoms with Crippen LogP contribution in [-0.4, -0.2) is 0 Å². The molecule has 2 nitrogen and oxygen atoms in total. The fraction of sp³-hybridized carbons (Fsp3) is 0.0940. The van der Waals surface area contributed by atoms with Crippen molar-refractivity contribution in [1.29, 1.82) is 0 Å². The fourth-order valence-corrected chi connectivity index (χ4v) is 23.4. The predicted octanol–water partition coefficient (Wildman–Crippen LogP) is 30.4. The summed E-state index contributed by atoms with van der Waals surface area (Å²) in [6.07, 6.45) is 0. The number of benzene rings is 18. The summed E-state index contributed by atoms with van der Waals surface area (Å²) in [6.45, 7) is 14.4. The molecule has 2 spiro atoms. The molecule has 0 fully saturated rings. The standard InChI is InChI=1S/C117H82N2/c1-113(2)99-36-17-10-28-85(99)92-56-46-73(64-106(92)113)71-43-49-78(50-44-71)118(77-26-8-7-9-27-77)81-53-61-98-91-34-16-23-42-105(91)117(112(98)69-81)104-41-22-15-32-89(104)96-57-47-74(65-110(96)117)72-45-55-84-75(63-72)25-24-35-83(84)76-48-58-93-95-60-52-80(68-109(95)115(5,6)107(93)66-76)119(79-51-59-94-86-29-11-18-37-100(86)114(3,4)108(94)67-79)82-54-62-97-90-33-14-21-40-103(90)116(111(97)70-82)101-38-19-12-30-87(101)88-31-13-20-39-102(88)116/h7-70H,1-6H3. The molecule has 0 aliphatic heterocycles. The van der Waals surface area contributed by atoms with Crippen LogP contribution in [0.5, 0.6) is 0 Å². The highest BCUT2D eigenvalue weighted by Crippen LogP contribution is 2.67. The number of nitrogens with zero attached hydrogens (tertiary/aromatic N) is 2. The molecule has 0 N–H and O–H groups in total. The van der Waals surface area contributed by atoms with Gasteiger partial charge in [0.1, 0.15) is 0 Å². The van der Waals surface area contributed by atoms with Gasteiger partial charge in [-0.25, -0.2) is 0 Å². The normalized spacial score (nSPS) is 15.9. The van der Waals surface area contributed by atoms with E-state index in [9.17, 15) is 0 Å². The van der Waals surface area contributed by atoms with Crippen molar-refractivity contribution in [2.75, 3.05) is 9.80 Å². The van der Waals surface area contributed by atoms with Gasteiger partial charge in [-0.15, -0.1) is 0 Å². The average Bonchev–Trinajstić information content (AvgIpc) is 1.52. The largest absolute Gasteiger partial charge is 0.310 e. The summed E-state index contributed by atoms with van der Waals surface area (Å²) in [4.78, 5) is 5.01. The Morgan fingerprint density at radius 1 is 0.151 bits per heavy atom. The van der Waals surface area contributed by atoms with E-state index in [1.54, 1.807) is 0 Å². The Hall–Kier alpha value is -14.2. The molecule has 18 aromatic rings. The third-order valence-corrected chi connectivity index (χ3v) is 28.9. The van der Waals surface area contributed by atoms with Crippen LogP contribution in [0.25, 0.3) is 122 Å². The summed E-state index contributed by atoms with van der Waals surface area (Å²) in [7, 11) is 0. The van der Waals surface area contributed by atoms with Crippen LogP contribution in [-0.2, 0) is 27.1 Å². The minimum atomic E-state index is -0.591. The molecular formula is C117H82N2. The van der Waals surface area contributed by atoms with Crippen molar-refractivity contribution in [3.8, 4) is 111 Å². The number of fused-ring (bicyclic) bond motifs is 30. The van der Waals surface area contributed by atoms with Crippen LogP contribution in [0.1, 0.15) is 119 Å². The van der Waals surface area contributed by atoms with Crippen LogP contribution in [0, 0.1) is 0 Å². The molecule has 1 atom stereocenters. The van der Waals surface area contributed by atoms with Crippen molar-refractivity contribution >= 4 is 44.9 Å². The van der Waals surface area contributed by atoms with Crippen LogP contribution >= 0.6 is 0 Å². The zero-order valence-electron chi connectivity index (χ0n) is 67.3. The molecule has 0 saturated carbocycles. The second kappa shape index (κ2) is 24.5. The Morgan fingerprint density at radius 2 is 0.403 bits per heavy atom. The highest BCUT2D eigenvalue weighted by Gasteiger charge is 2.54.